The molecule has 0 amide bonds. The Kier molecular flexibility index (Phi) is 3.16. The van der Waals surface area contributed by atoms with Gasteiger partial charge in [0, 0.05) is 0 Å². The van der Waals surface area contributed by atoms with Crippen molar-refractivity contribution in [2.75, 3.05) is 12.8 Å². The molecular weight excluding hydrogens is 288 g/mol. The van der Waals surface area contributed by atoms with Gasteiger partial charge in [0.1, 0.15) is 11.3 Å². The van der Waals surface area contributed by atoms with Gasteiger partial charge in [0.2, 0.25) is 5.95 Å². The van der Waals surface area contributed by atoms with Gasteiger partial charge >= 0.3 is 0 Å². The number of ether oxygens (including phenoxy) is 1. The lowest BCUT2D eigenvalue weighted by Gasteiger charge is -2.09. The molecule has 0 aliphatic rings. The largest absolute Gasteiger partial charge is 0.494 e. The van der Waals surface area contributed by atoms with Crippen molar-refractivity contribution in [3.8, 4) is 17.5 Å². The number of fused-ring (bicyclic) bond motifs is 1. The first-order chi connectivity index (χ1) is 10.2. The van der Waals surface area contributed by atoms with Crippen molar-refractivity contribution in [1.82, 2.24) is 9.55 Å². The summed E-state index contributed by atoms with van der Waals surface area (Å²) in [6, 6.07) is 12.6. The van der Waals surface area contributed by atoms with E-state index in [0.29, 0.717) is 33.5 Å². The van der Waals surface area contributed by atoms with Gasteiger partial charge in [-0.25, -0.2) is 4.98 Å². The van der Waals surface area contributed by atoms with E-state index in [0.717, 1.165) is 5.52 Å². The number of hydrogen-bond donors (Lipinski definition) is 1. The zero-order valence-corrected chi connectivity index (χ0v) is 11.9. The van der Waals surface area contributed by atoms with Crippen molar-refractivity contribution in [2.24, 2.45) is 0 Å². The van der Waals surface area contributed by atoms with Crippen molar-refractivity contribution in [1.29, 1.82) is 5.26 Å². The topological polar surface area (TPSA) is 76.9 Å². The van der Waals surface area contributed by atoms with Gasteiger partial charge < -0.3 is 10.5 Å². The molecule has 0 saturated heterocycles. The van der Waals surface area contributed by atoms with Gasteiger partial charge in [-0.2, -0.15) is 5.26 Å². The molecule has 0 spiro atoms. The molecule has 1 heterocycles. The van der Waals surface area contributed by atoms with E-state index < -0.39 is 0 Å². The fourth-order valence-electron chi connectivity index (χ4n) is 2.27. The van der Waals surface area contributed by atoms with Gasteiger partial charge in [-0.1, -0.05) is 17.7 Å². The van der Waals surface area contributed by atoms with Crippen LogP contribution in [0.3, 0.4) is 0 Å². The van der Waals surface area contributed by atoms with E-state index in [1.54, 1.807) is 29.9 Å². The molecule has 5 nitrogen and oxygen atoms in total. The molecule has 2 N–H and O–H groups in total. The lowest BCUT2D eigenvalue weighted by molar-refractivity contribution is 0.419. The number of aromatic nitrogens is 2. The first-order valence-corrected chi connectivity index (χ1v) is 6.54. The summed E-state index contributed by atoms with van der Waals surface area (Å²) >= 11 is 6.26. The van der Waals surface area contributed by atoms with Crippen LogP contribution in [0.15, 0.2) is 36.4 Å². The van der Waals surface area contributed by atoms with E-state index in [4.69, 9.17) is 27.3 Å². The van der Waals surface area contributed by atoms with Crippen molar-refractivity contribution in [3.63, 3.8) is 0 Å². The Morgan fingerprint density at radius 3 is 2.81 bits per heavy atom. The van der Waals surface area contributed by atoms with Crippen LogP contribution in [0.5, 0.6) is 5.75 Å². The number of para-hydroxylation sites is 1. The Bertz CT molecular complexity index is 879. The first kappa shape index (κ1) is 13.3. The van der Waals surface area contributed by atoms with E-state index in [1.165, 1.54) is 0 Å². The molecular formula is C15H11ClN4O. The zero-order valence-electron chi connectivity index (χ0n) is 11.2. The first-order valence-electron chi connectivity index (χ1n) is 6.16. The molecule has 0 fully saturated rings. The van der Waals surface area contributed by atoms with E-state index >= 15 is 0 Å². The fourth-order valence-corrected chi connectivity index (χ4v) is 2.53. The number of rotatable bonds is 2. The Balaban J connectivity index is 2.31. The molecule has 6 heteroatoms. The van der Waals surface area contributed by atoms with Gasteiger partial charge in [0.15, 0.2) is 0 Å². The Morgan fingerprint density at radius 1 is 1.33 bits per heavy atom. The molecule has 104 valence electrons. The second-order valence-electron chi connectivity index (χ2n) is 4.41. The molecule has 0 saturated carbocycles. The Morgan fingerprint density at radius 2 is 2.14 bits per heavy atom. The normalized spacial score (nSPS) is 10.5. The summed E-state index contributed by atoms with van der Waals surface area (Å²) in [5.74, 6) is 0.948. The molecule has 0 aliphatic heterocycles. The summed E-state index contributed by atoms with van der Waals surface area (Å²) in [7, 11) is 1.58. The second kappa shape index (κ2) is 5.00. The summed E-state index contributed by atoms with van der Waals surface area (Å²) in [5.41, 5.74) is 8.64. The van der Waals surface area contributed by atoms with Crippen LogP contribution >= 0.6 is 11.6 Å². The summed E-state index contributed by atoms with van der Waals surface area (Å²) in [4.78, 5) is 4.34. The van der Waals surface area contributed by atoms with Crippen LogP contribution in [0, 0.1) is 11.3 Å². The summed E-state index contributed by atoms with van der Waals surface area (Å²) in [6.07, 6.45) is 0. The maximum atomic E-state index is 8.91. The van der Waals surface area contributed by atoms with Crippen LogP contribution < -0.4 is 10.5 Å². The van der Waals surface area contributed by atoms with Gasteiger partial charge in [0.05, 0.1) is 35.0 Å². The molecule has 3 aromatic rings. The molecule has 0 radical (unpaired) electrons. The lowest BCUT2D eigenvalue weighted by atomic mass is 10.2. The monoisotopic (exact) mass is 298 g/mol. The summed E-state index contributed by atoms with van der Waals surface area (Å²) in [6.45, 7) is 0. The quantitative estimate of drug-likeness (QED) is 0.788. The second-order valence-corrected chi connectivity index (χ2v) is 4.82. The van der Waals surface area contributed by atoms with Crippen LogP contribution in [-0.2, 0) is 0 Å². The standard InChI is InChI=1S/C15H11ClN4O/c1-21-13-4-2-3-12-14(13)19-15(18)20(12)11-6-5-9(8-17)7-10(11)16/h2-7H,1H3,(H2,18,19). The SMILES string of the molecule is COc1cccc2c1nc(N)n2-c1ccc(C#N)cc1Cl. The minimum absolute atomic E-state index is 0.307. The molecule has 1 aromatic heterocycles. The van der Waals surface area contributed by atoms with Gasteiger partial charge in [-0.15, -0.1) is 0 Å². The van der Waals surface area contributed by atoms with Crippen molar-refractivity contribution in [3.05, 3.63) is 47.0 Å². The maximum absolute atomic E-state index is 8.91. The van der Waals surface area contributed by atoms with Gasteiger partial charge in [-0.05, 0) is 30.3 Å². The number of anilines is 1. The highest BCUT2D eigenvalue weighted by Crippen LogP contribution is 2.32. The van der Waals surface area contributed by atoms with E-state index in [1.807, 2.05) is 24.3 Å². The van der Waals surface area contributed by atoms with Crippen molar-refractivity contribution < 1.29 is 4.74 Å². The number of nitrogen functional groups attached to an aromatic ring is 1. The average Bonchev–Trinajstić information content (AvgIpc) is 2.83. The number of benzene rings is 2. The summed E-state index contributed by atoms with van der Waals surface area (Å²) < 4.78 is 7.03. The summed E-state index contributed by atoms with van der Waals surface area (Å²) in [5, 5.41) is 9.34. The third-order valence-electron chi connectivity index (χ3n) is 3.21. The number of nitrogens with zero attached hydrogens (tertiary/aromatic N) is 3. The molecule has 3 rings (SSSR count). The minimum atomic E-state index is 0.307. The number of halogens is 1. The fraction of sp³-hybridized carbons (Fsp3) is 0.0667. The zero-order chi connectivity index (χ0) is 15.0. The highest BCUT2D eigenvalue weighted by molar-refractivity contribution is 6.32. The number of nitriles is 1. The number of imidazole rings is 1. The molecule has 0 unspecified atom stereocenters. The molecule has 21 heavy (non-hydrogen) atoms. The molecule has 0 bridgehead atoms. The lowest BCUT2D eigenvalue weighted by Crippen LogP contribution is -2.01. The van der Waals surface area contributed by atoms with E-state index in [-0.39, 0.29) is 0 Å². The highest BCUT2D eigenvalue weighted by atomic mass is 35.5. The Hall–Kier alpha value is -2.71. The smallest absolute Gasteiger partial charge is 0.206 e. The maximum Gasteiger partial charge on any atom is 0.206 e. The van der Waals surface area contributed by atoms with Crippen LogP contribution in [0.4, 0.5) is 5.95 Å². The molecule has 2 aromatic carbocycles. The minimum Gasteiger partial charge on any atom is -0.494 e. The van der Waals surface area contributed by atoms with Crippen LogP contribution in [-0.4, -0.2) is 16.7 Å². The van der Waals surface area contributed by atoms with Crippen LogP contribution in [0.1, 0.15) is 5.56 Å². The van der Waals surface area contributed by atoms with Crippen LogP contribution in [0.25, 0.3) is 16.7 Å². The number of nitrogens with two attached hydrogens (primary N) is 1. The third-order valence-corrected chi connectivity index (χ3v) is 3.51. The third kappa shape index (κ3) is 2.06. The average molecular weight is 299 g/mol. The van der Waals surface area contributed by atoms with Crippen molar-refractivity contribution in [2.45, 2.75) is 0 Å². The highest BCUT2D eigenvalue weighted by Gasteiger charge is 2.15. The predicted octanol–water partition coefficient (Wildman–Crippen LogP) is 3.14. The number of methoxy groups -OCH3 is 1. The van der Waals surface area contributed by atoms with E-state index in [9.17, 15) is 0 Å². The molecule has 0 atom stereocenters. The van der Waals surface area contributed by atoms with E-state index in [2.05, 4.69) is 4.98 Å². The van der Waals surface area contributed by atoms with Gasteiger partial charge in [0.25, 0.3) is 0 Å². The molecule has 0 aliphatic carbocycles. The predicted molar refractivity (Wildman–Crippen MR) is 81.8 cm³/mol. The number of hydrogen-bond acceptors (Lipinski definition) is 4. The van der Waals surface area contributed by atoms with Gasteiger partial charge in [-0.3, -0.25) is 4.57 Å². The van der Waals surface area contributed by atoms with Crippen LogP contribution in [0.2, 0.25) is 5.02 Å². The van der Waals surface area contributed by atoms with Crippen molar-refractivity contribution >= 4 is 28.6 Å². The Labute approximate surface area is 126 Å².